The van der Waals surface area contributed by atoms with E-state index in [-0.39, 0.29) is 5.56 Å². The third kappa shape index (κ3) is 2.94. The van der Waals surface area contributed by atoms with Gasteiger partial charge in [0, 0.05) is 37.0 Å². The Morgan fingerprint density at radius 3 is 2.43 bits per heavy atom. The van der Waals surface area contributed by atoms with Gasteiger partial charge in [-0.15, -0.1) is 0 Å². The standard InChI is InChI=1S/C19H22N2O2/c1-4-18-17(13-14(2)19(22)20(18)3)15-5-7-16(8-6-15)21-9-11-23-12-10-21/h4-8,13H,1,9-12H2,2-3H3. The quantitative estimate of drug-likeness (QED) is 0.874. The summed E-state index contributed by atoms with van der Waals surface area (Å²) in [6, 6.07) is 10.4. The number of nitrogens with zero attached hydrogens (tertiary/aromatic N) is 2. The number of aromatic nitrogens is 1. The molecule has 0 amide bonds. The maximum atomic E-state index is 12.1. The molecule has 1 aromatic carbocycles. The molecule has 0 atom stereocenters. The second-order valence-corrected chi connectivity index (χ2v) is 5.84. The van der Waals surface area contributed by atoms with Crippen LogP contribution in [-0.4, -0.2) is 30.9 Å². The van der Waals surface area contributed by atoms with Gasteiger partial charge >= 0.3 is 0 Å². The molecule has 0 unspecified atom stereocenters. The van der Waals surface area contributed by atoms with Crippen molar-refractivity contribution < 1.29 is 4.74 Å². The molecule has 0 aliphatic carbocycles. The van der Waals surface area contributed by atoms with E-state index in [0.717, 1.165) is 48.7 Å². The Morgan fingerprint density at radius 2 is 1.83 bits per heavy atom. The van der Waals surface area contributed by atoms with E-state index < -0.39 is 0 Å². The van der Waals surface area contributed by atoms with Crippen LogP contribution in [0.3, 0.4) is 0 Å². The van der Waals surface area contributed by atoms with Crippen molar-refractivity contribution in [1.82, 2.24) is 4.57 Å². The minimum atomic E-state index is 0.0218. The fourth-order valence-corrected chi connectivity index (χ4v) is 3.06. The van der Waals surface area contributed by atoms with Gasteiger partial charge in [-0.25, -0.2) is 0 Å². The van der Waals surface area contributed by atoms with E-state index in [9.17, 15) is 4.79 Å². The summed E-state index contributed by atoms with van der Waals surface area (Å²) < 4.78 is 7.06. The number of ether oxygens (including phenoxy) is 1. The monoisotopic (exact) mass is 310 g/mol. The summed E-state index contributed by atoms with van der Waals surface area (Å²) in [6.45, 7) is 9.12. The first-order chi connectivity index (χ1) is 11.1. The lowest BCUT2D eigenvalue weighted by atomic mass is 10.0. The van der Waals surface area contributed by atoms with Crippen molar-refractivity contribution >= 4 is 11.8 Å². The lowest BCUT2D eigenvalue weighted by Crippen LogP contribution is -2.36. The van der Waals surface area contributed by atoms with Gasteiger partial charge in [0.2, 0.25) is 0 Å². The number of hydrogen-bond donors (Lipinski definition) is 0. The molecule has 1 saturated heterocycles. The highest BCUT2D eigenvalue weighted by molar-refractivity contribution is 5.74. The van der Waals surface area contributed by atoms with Gasteiger partial charge in [-0.05, 0) is 36.8 Å². The van der Waals surface area contributed by atoms with Crippen LogP contribution in [0.25, 0.3) is 17.2 Å². The van der Waals surface area contributed by atoms with Gasteiger partial charge in [-0.2, -0.15) is 0 Å². The molecule has 0 radical (unpaired) electrons. The third-order valence-corrected chi connectivity index (χ3v) is 4.39. The van der Waals surface area contributed by atoms with Crippen molar-refractivity contribution in [2.75, 3.05) is 31.2 Å². The van der Waals surface area contributed by atoms with Crippen LogP contribution in [0.4, 0.5) is 5.69 Å². The van der Waals surface area contributed by atoms with Gasteiger partial charge < -0.3 is 14.2 Å². The first-order valence-corrected chi connectivity index (χ1v) is 7.88. The average molecular weight is 310 g/mol. The second-order valence-electron chi connectivity index (χ2n) is 5.84. The van der Waals surface area contributed by atoms with Crippen molar-refractivity contribution in [1.29, 1.82) is 0 Å². The molecule has 2 aromatic rings. The number of rotatable bonds is 3. The number of morpholine rings is 1. The van der Waals surface area contributed by atoms with E-state index in [0.29, 0.717) is 0 Å². The molecule has 1 aliphatic rings. The summed E-state index contributed by atoms with van der Waals surface area (Å²) in [6.07, 6.45) is 1.74. The number of hydrogen-bond acceptors (Lipinski definition) is 3. The fraction of sp³-hybridized carbons (Fsp3) is 0.316. The van der Waals surface area contributed by atoms with Crippen molar-refractivity contribution in [2.45, 2.75) is 6.92 Å². The molecule has 1 aromatic heterocycles. The van der Waals surface area contributed by atoms with Crippen molar-refractivity contribution in [3.63, 3.8) is 0 Å². The Hall–Kier alpha value is -2.33. The van der Waals surface area contributed by atoms with Crippen LogP contribution < -0.4 is 10.5 Å². The Balaban J connectivity index is 1.99. The first-order valence-electron chi connectivity index (χ1n) is 7.88. The van der Waals surface area contributed by atoms with E-state index in [1.54, 1.807) is 17.7 Å². The topological polar surface area (TPSA) is 34.5 Å². The van der Waals surface area contributed by atoms with Crippen LogP contribution in [0.2, 0.25) is 0 Å². The lowest BCUT2D eigenvalue weighted by Gasteiger charge is -2.29. The molecule has 23 heavy (non-hydrogen) atoms. The zero-order valence-electron chi connectivity index (χ0n) is 13.7. The normalized spacial score (nSPS) is 14.8. The van der Waals surface area contributed by atoms with Crippen LogP contribution in [-0.2, 0) is 11.8 Å². The summed E-state index contributed by atoms with van der Waals surface area (Å²) in [5.74, 6) is 0. The van der Waals surface area contributed by atoms with E-state index in [4.69, 9.17) is 4.74 Å². The highest BCUT2D eigenvalue weighted by atomic mass is 16.5. The lowest BCUT2D eigenvalue weighted by molar-refractivity contribution is 0.122. The summed E-state index contributed by atoms with van der Waals surface area (Å²) in [5.41, 5.74) is 4.95. The third-order valence-electron chi connectivity index (χ3n) is 4.39. The number of pyridine rings is 1. The molecule has 1 aliphatic heterocycles. The molecule has 2 heterocycles. The highest BCUT2D eigenvalue weighted by Gasteiger charge is 2.13. The highest BCUT2D eigenvalue weighted by Crippen LogP contribution is 2.27. The largest absolute Gasteiger partial charge is 0.378 e. The van der Waals surface area contributed by atoms with Gasteiger partial charge in [0.05, 0.1) is 18.9 Å². The van der Waals surface area contributed by atoms with E-state index >= 15 is 0 Å². The van der Waals surface area contributed by atoms with Crippen LogP contribution in [0, 0.1) is 6.92 Å². The van der Waals surface area contributed by atoms with Crippen molar-refractivity contribution in [2.24, 2.45) is 7.05 Å². The second kappa shape index (κ2) is 6.42. The fourth-order valence-electron chi connectivity index (χ4n) is 3.06. The van der Waals surface area contributed by atoms with Gasteiger partial charge in [0.25, 0.3) is 5.56 Å². The molecule has 0 spiro atoms. The average Bonchev–Trinajstić information content (AvgIpc) is 2.60. The summed E-state index contributed by atoms with van der Waals surface area (Å²) in [5, 5.41) is 0. The van der Waals surface area contributed by atoms with Gasteiger partial charge in [-0.1, -0.05) is 18.7 Å². The molecular formula is C19H22N2O2. The minimum Gasteiger partial charge on any atom is -0.378 e. The summed E-state index contributed by atoms with van der Waals surface area (Å²) in [4.78, 5) is 14.4. The molecule has 0 bridgehead atoms. The molecular weight excluding hydrogens is 288 g/mol. The van der Waals surface area contributed by atoms with Gasteiger partial charge in [0.15, 0.2) is 0 Å². The van der Waals surface area contributed by atoms with Crippen molar-refractivity contribution in [3.05, 3.63) is 58.5 Å². The Kier molecular flexibility index (Phi) is 4.35. The van der Waals surface area contributed by atoms with Crippen LogP contribution in [0.15, 0.2) is 41.7 Å². The molecule has 0 N–H and O–H groups in total. The zero-order chi connectivity index (χ0) is 16.4. The van der Waals surface area contributed by atoms with E-state index in [2.05, 4.69) is 35.7 Å². The van der Waals surface area contributed by atoms with E-state index in [1.165, 1.54) is 5.69 Å². The van der Waals surface area contributed by atoms with Crippen molar-refractivity contribution in [3.8, 4) is 11.1 Å². The molecule has 1 fully saturated rings. The molecule has 4 nitrogen and oxygen atoms in total. The maximum Gasteiger partial charge on any atom is 0.253 e. The number of aryl methyl sites for hydroxylation is 1. The van der Waals surface area contributed by atoms with Crippen LogP contribution in [0.1, 0.15) is 11.3 Å². The Bertz CT molecular complexity index is 769. The zero-order valence-corrected chi connectivity index (χ0v) is 13.7. The van der Waals surface area contributed by atoms with Crippen LogP contribution in [0.5, 0.6) is 0 Å². The summed E-state index contributed by atoms with van der Waals surface area (Å²) in [7, 11) is 1.79. The molecule has 0 saturated carbocycles. The number of benzene rings is 1. The number of anilines is 1. The molecule has 3 rings (SSSR count). The van der Waals surface area contributed by atoms with Gasteiger partial charge in [-0.3, -0.25) is 4.79 Å². The summed E-state index contributed by atoms with van der Waals surface area (Å²) >= 11 is 0. The first kappa shape index (κ1) is 15.6. The predicted octanol–water partition coefficient (Wildman–Crippen LogP) is 2.84. The predicted molar refractivity (Wildman–Crippen MR) is 95.0 cm³/mol. The minimum absolute atomic E-state index is 0.0218. The van der Waals surface area contributed by atoms with Gasteiger partial charge in [0.1, 0.15) is 0 Å². The molecule has 120 valence electrons. The van der Waals surface area contributed by atoms with E-state index in [1.807, 2.05) is 13.0 Å². The Morgan fingerprint density at radius 1 is 1.17 bits per heavy atom. The molecule has 4 heteroatoms. The van der Waals surface area contributed by atoms with Crippen LogP contribution >= 0.6 is 0 Å². The smallest absolute Gasteiger partial charge is 0.253 e. The SMILES string of the molecule is C=Cc1c(-c2ccc(N3CCOCC3)cc2)cc(C)c(=O)n1C. The maximum absolute atomic E-state index is 12.1. The Labute approximate surface area is 136 Å².